The van der Waals surface area contributed by atoms with E-state index in [0.717, 1.165) is 21.7 Å². The second-order valence-electron chi connectivity index (χ2n) is 8.37. The number of hydrogen-bond acceptors (Lipinski definition) is 4. The van der Waals surface area contributed by atoms with Gasteiger partial charge >= 0.3 is 0 Å². The van der Waals surface area contributed by atoms with Crippen LogP contribution in [0.5, 0.6) is 0 Å². The second-order valence-corrected chi connectivity index (χ2v) is 10.5. The quantitative estimate of drug-likeness (QED) is 0.559. The van der Waals surface area contributed by atoms with Gasteiger partial charge in [-0.2, -0.15) is 4.31 Å². The first-order valence-electron chi connectivity index (χ1n) is 10.6. The number of nitrogens with one attached hydrogen (secondary N) is 1. The van der Waals surface area contributed by atoms with E-state index in [0.29, 0.717) is 13.0 Å². The van der Waals surface area contributed by atoms with Crippen molar-refractivity contribution in [1.82, 2.24) is 14.5 Å². The zero-order valence-corrected chi connectivity index (χ0v) is 20.0. The third-order valence-electron chi connectivity index (χ3n) is 5.08. The smallest absolute Gasteiger partial charge is 0.243 e. The highest BCUT2D eigenvalue weighted by Crippen LogP contribution is 2.15. The van der Waals surface area contributed by atoms with Crippen LogP contribution in [-0.4, -0.2) is 61.9 Å². The van der Waals surface area contributed by atoms with Crippen LogP contribution in [-0.2, 0) is 32.6 Å². The number of likely N-dealkylation sites (N-methyl/N-ethyl adjacent to an activating group) is 1. The van der Waals surface area contributed by atoms with E-state index in [1.165, 1.54) is 11.9 Å². The van der Waals surface area contributed by atoms with E-state index in [-0.39, 0.29) is 24.9 Å². The zero-order chi connectivity index (χ0) is 23.7. The van der Waals surface area contributed by atoms with Gasteiger partial charge in [-0.15, -0.1) is 0 Å². The lowest BCUT2D eigenvalue weighted by Crippen LogP contribution is -2.53. The lowest BCUT2D eigenvalue weighted by Gasteiger charge is -2.32. The monoisotopic (exact) mass is 459 g/mol. The van der Waals surface area contributed by atoms with Crippen LogP contribution in [0, 0.1) is 5.92 Å². The van der Waals surface area contributed by atoms with Crippen molar-refractivity contribution in [3.63, 3.8) is 0 Å². The molecule has 8 heteroatoms. The van der Waals surface area contributed by atoms with E-state index >= 15 is 0 Å². The molecular weight excluding hydrogens is 426 g/mol. The van der Waals surface area contributed by atoms with E-state index in [1.807, 2.05) is 74.5 Å². The predicted octanol–water partition coefficient (Wildman–Crippen LogP) is 2.29. The van der Waals surface area contributed by atoms with Crippen LogP contribution in [0.15, 0.2) is 60.7 Å². The molecule has 0 spiro atoms. The summed E-state index contributed by atoms with van der Waals surface area (Å²) >= 11 is 0. The highest BCUT2D eigenvalue weighted by atomic mass is 32.2. The molecule has 0 heterocycles. The van der Waals surface area contributed by atoms with Crippen LogP contribution in [0.3, 0.4) is 0 Å². The fourth-order valence-electron chi connectivity index (χ4n) is 3.16. The summed E-state index contributed by atoms with van der Waals surface area (Å²) in [5.41, 5.74) is 1.78. The predicted molar refractivity (Wildman–Crippen MR) is 126 cm³/mol. The van der Waals surface area contributed by atoms with Gasteiger partial charge in [0.2, 0.25) is 21.8 Å². The maximum absolute atomic E-state index is 13.3. The lowest BCUT2D eigenvalue weighted by atomic mass is 10.0. The molecule has 0 saturated carbocycles. The molecule has 0 aromatic heterocycles. The molecule has 0 saturated heterocycles. The molecule has 174 valence electrons. The number of hydrogen-bond donors (Lipinski definition) is 1. The Balaban J connectivity index is 2.40. The van der Waals surface area contributed by atoms with Gasteiger partial charge in [0.05, 0.1) is 12.8 Å². The number of benzene rings is 2. The van der Waals surface area contributed by atoms with E-state index in [9.17, 15) is 18.0 Å². The van der Waals surface area contributed by atoms with Crippen molar-refractivity contribution in [2.75, 3.05) is 26.4 Å². The molecule has 2 aromatic rings. The number of nitrogens with zero attached hydrogens (tertiary/aromatic N) is 2. The van der Waals surface area contributed by atoms with E-state index in [1.54, 1.807) is 0 Å². The minimum absolute atomic E-state index is 0.198. The van der Waals surface area contributed by atoms with E-state index in [4.69, 9.17) is 0 Å². The molecule has 32 heavy (non-hydrogen) atoms. The first-order chi connectivity index (χ1) is 15.1. The zero-order valence-electron chi connectivity index (χ0n) is 19.2. The van der Waals surface area contributed by atoms with Gasteiger partial charge in [-0.25, -0.2) is 8.42 Å². The maximum atomic E-state index is 13.3. The van der Waals surface area contributed by atoms with Crippen molar-refractivity contribution in [2.24, 2.45) is 5.92 Å². The molecular formula is C24H33N3O4S. The molecule has 0 aliphatic rings. The lowest BCUT2D eigenvalue weighted by molar-refractivity contribution is -0.141. The number of carbonyl (C=O) groups excluding carboxylic acids is 2. The summed E-state index contributed by atoms with van der Waals surface area (Å²) in [6, 6.07) is 18.1. The maximum Gasteiger partial charge on any atom is 0.243 e. The van der Waals surface area contributed by atoms with E-state index in [2.05, 4.69) is 5.32 Å². The Labute approximate surface area is 191 Å². The summed E-state index contributed by atoms with van der Waals surface area (Å²) in [6.45, 7) is 4.35. The van der Waals surface area contributed by atoms with Crippen molar-refractivity contribution in [2.45, 2.75) is 32.9 Å². The number of sulfonamides is 1. The summed E-state index contributed by atoms with van der Waals surface area (Å²) < 4.78 is 24.8. The van der Waals surface area contributed by atoms with Crippen molar-refractivity contribution in [3.05, 3.63) is 71.8 Å². The summed E-state index contributed by atoms with van der Waals surface area (Å²) in [7, 11) is -2.19. The molecule has 2 amide bonds. The van der Waals surface area contributed by atoms with Gasteiger partial charge in [0.25, 0.3) is 0 Å². The highest BCUT2D eigenvalue weighted by Gasteiger charge is 2.31. The Kier molecular flexibility index (Phi) is 9.41. The van der Waals surface area contributed by atoms with Crippen LogP contribution >= 0.6 is 0 Å². The van der Waals surface area contributed by atoms with Gasteiger partial charge < -0.3 is 10.2 Å². The fraction of sp³-hybridized carbons (Fsp3) is 0.417. The van der Waals surface area contributed by atoms with Crippen LogP contribution in [0.1, 0.15) is 25.0 Å². The Morgan fingerprint density at radius 1 is 0.938 bits per heavy atom. The standard InChI is InChI=1S/C24H33N3O4S/c1-19(2)16-25-24(29)22(15-20-11-7-5-8-12-20)27(17-21-13-9-6-10-14-21)23(28)18-26(3)32(4,30)31/h5-14,19,22H,15-18H2,1-4H3,(H,25,29). The largest absolute Gasteiger partial charge is 0.354 e. The van der Waals surface area contributed by atoms with E-state index < -0.39 is 22.0 Å². The molecule has 0 aliphatic heterocycles. The van der Waals surface area contributed by atoms with Crippen molar-refractivity contribution in [1.29, 1.82) is 0 Å². The van der Waals surface area contributed by atoms with Gasteiger partial charge in [-0.3, -0.25) is 9.59 Å². The summed E-state index contributed by atoms with van der Waals surface area (Å²) in [5, 5.41) is 2.94. The molecule has 0 fully saturated rings. The molecule has 7 nitrogen and oxygen atoms in total. The Bertz CT molecular complexity index is 979. The van der Waals surface area contributed by atoms with Gasteiger partial charge in [-0.1, -0.05) is 74.5 Å². The Morgan fingerprint density at radius 3 is 1.97 bits per heavy atom. The Morgan fingerprint density at radius 2 is 1.47 bits per heavy atom. The first kappa shape index (κ1) is 25.5. The molecule has 1 unspecified atom stereocenters. The summed E-state index contributed by atoms with van der Waals surface area (Å²) in [6.07, 6.45) is 1.38. The summed E-state index contributed by atoms with van der Waals surface area (Å²) in [5.74, 6) is -0.429. The Hall–Kier alpha value is -2.71. The third kappa shape index (κ3) is 8.09. The highest BCUT2D eigenvalue weighted by molar-refractivity contribution is 7.88. The third-order valence-corrected chi connectivity index (χ3v) is 6.34. The number of rotatable bonds is 11. The molecule has 1 atom stereocenters. The van der Waals surface area contributed by atoms with Crippen molar-refractivity contribution >= 4 is 21.8 Å². The normalized spacial score (nSPS) is 12.6. The number of carbonyl (C=O) groups is 2. The molecule has 0 radical (unpaired) electrons. The molecule has 2 rings (SSSR count). The van der Waals surface area contributed by atoms with Crippen molar-refractivity contribution in [3.8, 4) is 0 Å². The minimum atomic E-state index is -3.55. The van der Waals surface area contributed by atoms with Crippen molar-refractivity contribution < 1.29 is 18.0 Å². The SMILES string of the molecule is CC(C)CNC(=O)C(Cc1ccccc1)N(Cc1ccccc1)C(=O)CN(C)S(C)(=O)=O. The second kappa shape index (κ2) is 11.8. The van der Waals surface area contributed by atoms with Gasteiger partial charge in [-0.05, 0) is 17.0 Å². The van der Waals surface area contributed by atoms with Gasteiger partial charge in [0.1, 0.15) is 6.04 Å². The van der Waals surface area contributed by atoms with Gasteiger partial charge in [0.15, 0.2) is 0 Å². The van der Waals surface area contributed by atoms with Crippen LogP contribution < -0.4 is 5.32 Å². The average molecular weight is 460 g/mol. The molecule has 2 aromatic carbocycles. The molecule has 1 N–H and O–H groups in total. The van der Waals surface area contributed by atoms with Crippen LogP contribution in [0.2, 0.25) is 0 Å². The molecule has 0 bridgehead atoms. The number of amides is 2. The van der Waals surface area contributed by atoms with Crippen LogP contribution in [0.25, 0.3) is 0 Å². The fourth-order valence-corrected chi connectivity index (χ4v) is 3.50. The average Bonchev–Trinajstić information content (AvgIpc) is 2.75. The molecule has 0 aliphatic carbocycles. The summed E-state index contributed by atoms with van der Waals surface area (Å²) in [4.78, 5) is 28.0. The van der Waals surface area contributed by atoms with Gasteiger partial charge in [0, 0.05) is 26.6 Å². The van der Waals surface area contributed by atoms with Crippen LogP contribution in [0.4, 0.5) is 0 Å². The first-order valence-corrected chi connectivity index (χ1v) is 12.5. The topological polar surface area (TPSA) is 86.8 Å². The minimum Gasteiger partial charge on any atom is -0.354 e.